The molecule has 1 aliphatic rings. The van der Waals surface area contributed by atoms with Gasteiger partial charge in [0.1, 0.15) is 5.69 Å². The number of ether oxygens (including phenoxy) is 1. The third kappa shape index (κ3) is 5.28. The van der Waals surface area contributed by atoms with Gasteiger partial charge in [-0.05, 0) is 36.4 Å². The summed E-state index contributed by atoms with van der Waals surface area (Å²) >= 11 is 0. The number of halogens is 6. The van der Waals surface area contributed by atoms with Crippen LogP contribution in [-0.2, 0) is 17.1 Å². The van der Waals surface area contributed by atoms with Crippen molar-refractivity contribution in [2.45, 2.75) is 12.4 Å². The van der Waals surface area contributed by atoms with Crippen LogP contribution in [0.2, 0.25) is 0 Å². The molecule has 1 aliphatic heterocycles. The lowest BCUT2D eigenvalue weighted by Gasteiger charge is -2.31. The summed E-state index contributed by atoms with van der Waals surface area (Å²) in [5.74, 6) is -1.12. The van der Waals surface area contributed by atoms with Crippen LogP contribution in [0.15, 0.2) is 48.5 Å². The van der Waals surface area contributed by atoms with Gasteiger partial charge in [-0.15, -0.1) is 0 Å². The average molecular weight is 509 g/mol. The predicted octanol–water partition coefficient (Wildman–Crippen LogP) is 4.87. The second-order valence-electron chi connectivity index (χ2n) is 7.77. The van der Waals surface area contributed by atoms with E-state index in [1.54, 1.807) is 0 Å². The van der Waals surface area contributed by atoms with Crippen molar-refractivity contribution in [3.8, 4) is 11.8 Å². The van der Waals surface area contributed by atoms with Crippen LogP contribution in [-0.4, -0.2) is 42.0 Å². The van der Waals surface area contributed by atoms with Gasteiger partial charge in [-0.2, -0.15) is 36.7 Å². The molecule has 1 amide bonds. The Morgan fingerprint density at radius 1 is 1.00 bits per heavy atom. The van der Waals surface area contributed by atoms with E-state index in [0.717, 1.165) is 6.07 Å². The molecule has 0 aliphatic carbocycles. The Morgan fingerprint density at radius 3 is 2.36 bits per heavy atom. The minimum Gasteiger partial charge on any atom is -0.378 e. The number of nitrogens with zero attached hydrogens (tertiary/aromatic N) is 4. The summed E-state index contributed by atoms with van der Waals surface area (Å²) in [6, 6.07) is 10.8. The van der Waals surface area contributed by atoms with Crippen molar-refractivity contribution < 1.29 is 35.9 Å². The van der Waals surface area contributed by atoms with E-state index < -0.39 is 35.2 Å². The van der Waals surface area contributed by atoms with E-state index >= 15 is 0 Å². The molecule has 1 saturated heterocycles. The average Bonchev–Trinajstić information content (AvgIpc) is 3.31. The Kier molecular flexibility index (Phi) is 6.64. The zero-order chi connectivity index (χ0) is 26.1. The molecule has 2 heterocycles. The van der Waals surface area contributed by atoms with Crippen LogP contribution in [0.5, 0.6) is 0 Å². The topological polar surface area (TPSA) is 83.2 Å². The molecule has 0 radical (unpaired) electrons. The number of aromatic nitrogens is 2. The second kappa shape index (κ2) is 9.54. The first-order valence-electron chi connectivity index (χ1n) is 10.5. The number of nitrogens with one attached hydrogen (secondary N) is 1. The minimum absolute atomic E-state index is 0.00616. The Bertz CT molecular complexity index is 1320. The third-order valence-electron chi connectivity index (χ3n) is 5.36. The van der Waals surface area contributed by atoms with Gasteiger partial charge in [-0.25, -0.2) is 4.68 Å². The van der Waals surface area contributed by atoms with Crippen molar-refractivity contribution >= 4 is 17.3 Å². The van der Waals surface area contributed by atoms with Gasteiger partial charge < -0.3 is 15.0 Å². The number of rotatable bonds is 4. The van der Waals surface area contributed by atoms with E-state index in [1.807, 2.05) is 6.07 Å². The van der Waals surface area contributed by atoms with Crippen molar-refractivity contribution in [1.29, 1.82) is 5.26 Å². The van der Waals surface area contributed by atoms with E-state index in [9.17, 15) is 31.1 Å². The summed E-state index contributed by atoms with van der Waals surface area (Å²) in [5.41, 5.74) is -3.23. The van der Waals surface area contributed by atoms with E-state index in [2.05, 4.69) is 10.4 Å². The van der Waals surface area contributed by atoms with Crippen LogP contribution < -0.4 is 10.2 Å². The zero-order valence-electron chi connectivity index (χ0n) is 18.3. The molecule has 2 aromatic carbocycles. The van der Waals surface area contributed by atoms with Crippen LogP contribution in [0.4, 0.5) is 37.7 Å². The quantitative estimate of drug-likeness (QED) is 0.508. The van der Waals surface area contributed by atoms with Crippen LogP contribution in [0.3, 0.4) is 0 Å². The zero-order valence-corrected chi connectivity index (χ0v) is 18.3. The van der Waals surface area contributed by atoms with Gasteiger partial charge in [0, 0.05) is 30.5 Å². The minimum atomic E-state index is -4.89. The summed E-state index contributed by atoms with van der Waals surface area (Å²) in [6.45, 7) is 1.01. The smallest absolute Gasteiger partial charge is 0.378 e. The molecule has 0 atom stereocenters. The van der Waals surface area contributed by atoms with Crippen molar-refractivity contribution in [3.63, 3.8) is 0 Å². The van der Waals surface area contributed by atoms with E-state index in [-0.39, 0.29) is 48.9 Å². The molecule has 13 heteroatoms. The molecule has 0 spiro atoms. The van der Waals surface area contributed by atoms with Crippen LogP contribution in [0.1, 0.15) is 27.3 Å². The van der Waals surface area contributed by atoms with Crippen molar-refractivity contribution in [1.82, 2.24) is 9.78 Å². The number of morpholine rings is 1. The SMILES string of the molecule is N#Cc1cccc(-n2nc(C(F)(F)F)cc2C(=O)Nc2ccc(N3CCOCC3)c(C(F)(F)F)c2)c1. The number of carbonyl (C=O) groups is 1. The summed E-state index contributed by atoms with van der Waals surface area (Å²) in [4.78, 5) is 14.4. The van der Waals surface area contributed by atoms with Gasteiger partial charge in [0.25, 0.3) is 5.91 Å². The molecule has 36 heavy (non-hydrogen) atoms. The number of benzene rings is 2. The molecule has 1 fully saturated rings. The van der Waals surface area contributed by atoms with Gasteiger partial charge in [0.15, 0.2) is 5.69 Å². The highest BCUT2D eigenvalue weighted by atomic mass is 19.4. The summed E-state index contributed by atoms with van der Waals surface area (Å²) in [5, 5.41) is 14.8. The largest absolute Gasteiger partial charge is 0.435 e. The van der Waals surface area contributed by atoms with Gasteiger partial charge >= 0.3 is 12.4 Å². The van der Waals surface area contributed by atoms with Crippen molar-refractivity contribution in [2.24, 2.45) is 0 Å². The van der Waals surface area contributed by atoms with Gasteiger partial charge in [0.05, 0.1) is 36.1 Å². The highest BCUT2D eigenvalue weighted by molar-refractivity contribution is 6.03. The molecule has 7 nitrogen and oxygen atoms in total. The molecule has 3 aromatic rings. The van der Waals surface area contributed by atoms with Gasteiger partial charge in [0.2, 0.25) is 0 Å². The number of nitriles is 1. The fraction of sp³-hybridized carbons (Fsp3) is 0.261. The fourth-order valence-electron chi connectivity index (χ4n) is 3.70. The van der Waals surface area contributed by atoms with E-state index in [0.29, 0.717) is 10.7 Å². The maximum Gasteiger partial charge on any atom is 0.435 e. The molecule has 4 rings (SSSR count). The first-order chi connectivity index (χ1) is 17.0. The standard InChI is InChI=1S/C23H17F6N5O2/c24-22(25,26)17-11-15(4-5-18(17)33-6-8-36-9-7-33)31-21(35)19-12-20(23(27,28)29)32-34(19)16-3-1-2-14(10-16)13-30/h1-5,10-12H,6-9H2,(H,31,35). The van der Waals surface area contributed by atoms with Gasteiger partial charge in [-0.3, -0.25) is 4.79 Å². The van der Waals surface area contributed by atoms with Gasteiger partial charge in [-0.1, -0.05) is 6.07 Å². The Balaban J connectivity index is 1.71. The van der Waals surface area contributed by atoms with Crippen LogP contribution in [0, 0.1) is 11.3 Å². The predicted molar refractivity (Wildman–Crippen MR) is 116 cm³/mol. The summed E-state index contributed by atoms with van der Waals surface area (Å²) in [6.07, 6.45) is -9.65. The summed E-state index contributed by atoms with van der Waals surface area (Å²) < 4.78 is 87.3. The number of anilines is 2. The number of hydrogen-bond donors (Lipinski definition) is 1. The Hall–Kier alpha value is -4.05. The first kappa shape index (κ1) is 25.1. The van der Waals surface area contributed by atoms with E-state index in [4.69, 9.17) is 10.00 Å². The normalized spacial score (nSPS) is 14.4. The highest BCUT2D eigenvalue weighted by Crippen LogP contribution is 2.39. The Morgan fingerprint density at radius 2 is 1.72 bits per heavy atom. The molecule has 0 bridgehead atoms. The second-order valence-corrected chi connectivity index (χ2v) is 7.77. The Labute approximate surface area is 200 Å². The molecule has 0 unspecified atom stereocenters. The molecule has 188 valence electrons. The van der Waals surface area contributed by atoms with Crippen LogP contribution >= 0.6 is 0 Å². The highest BCUT2D eigenvalue weighted by Gasteiger charge is 2.37. The lowest BCUT2D eigenvalue weighted by atomic mass is 10.1. The number of alkyl halides is 6. The molecule has 1 N–H and O–H groups in total. The molecular weight excluding hydrogens is 492 g/mol. The third-order valence-corrected chi connectivity index (χ3v) is 5.36. The molecule has 1 aromatic heterocycles. The molecule has 0 saturated carbocycles. The fourth-order valence-corrected chi connectivity index (χ4v) is 3.70. The first-order valence-corrected chi connectivity index (χ1v) is 10.5. The maximum atomic E-state index is 13.8. The van der Waals surface area contributed by atoms with E-state index in [1.165, 1.54) is 41.3 Å². The lowest BCUT2D eigenvalue weighted by Crippen LogP contribution is -2.37. The summed E-state index contributed by atoms with van der Waals surface area (Å²) in [7, 11) is 0. The lowest BCUT2D eigenvalue weighted by molar-refractivity contribution is -0.141. The van der Waals surface area contributed by atoms with Crippen LogP contribution in [0.25, 0.3) is 5.69 Å². The van der Waals surface area contributed by atoms with Crippen molar-refractivity contribution in [3.05, 3.63) is 71.0 Å². The monoisotopic (exact) mass is 509 g/mol. The van der Waals surface area contributed by atoms with Crippen molar-refractivity contribution in [2.75, 3.05) is 36.5 Å². The molecular formula is C23H17F6N5O2. The number of carbonyl (C=O) groups excluding carboxylic acids is 1. The maximum absolute atomic E-state index is 13.8. The number of hydrogen-bond acceptors (Lipinski definition) is 5. The number of amides is 1.